The highest BCUT2D eigenvalue weighted by Crippen LogP contribution is 2.67. The van der Waals surface area contributed by atoms with Gasteiger partial charge in [0.2, 0.25) is 0 Å². The van der Waals surface area contributed by atoms with Crippen LogP contribution in [0.3, 0.4) is 0 Å². The van der Waals surface area contributed by atoms with E-state index in [0.717, 1.165) is 23.8 Å². The summed E-state index contributed by atoms with van der Waals surface area (Å²) in [5, 5.41) is 18.1. The van der Waals surface area contributed by atoms with E-state index in [4.69, 9.17) is 4.74 Å². The van der Waals surface area contributed by atoms with Crippen LogP contribution in [0.1, 0.15) is 29.6 Å². The molecule has 4 bridgehead atoms. The van der Waals surface area contributed by atoms with Gasteiger partial charge in [0.15, 0.2) is 0 Å². The Morgan fingerprint density at radius 3 is 2.65 bits per heavy atom. The molecular weight excluding hydrogens is 479 g/mol. The van der Waals surface area contributed by atoms with Crippen molar-refractivity contribution in [2.24, 2.45) is 11.8 Å². The van der Waals surface area contributed by atoms with Gasteiger partial charge in [0.25, 0.3) is 11.5 Å². The number of amides is 1. The predicted molar refractivity (Wildman–Crippen MR) is 131 cm³/mol. The SMILES string of the molecule is O=CCn1c(=O)c(C(=O)NC23CC(C2)C3C23COCC(C2)N3)c(O)c2cc(-c3ccc(F)cc3)cnc21. The van der Waals surface area contributed by atoms with E-state index in [1.54, 1.807) is 18.2 Å². The third kappa shape index (κ3) is 3.09. The van der Waals surface area contributed by atoms with Crippen molar-refractivity contribution in [2.45, 2.75) is 42.9 Å². The number of aldehydes is 1. The molecule has 37 heavy (non-hydrogen) atoms. The van der Waals surface area contributed by atoms with Crippen LogP contribution in [-0.2, 0) is 16.1 Å². The standard InChI is InChI=1S/C27H25FN4O5/c28-17-3-1-14(2-4-17)15-7-19-21(34)20(25(36)32(5-6-33)23(19)29-11-15)24(35)31-26-8-16(9-26)22(26)27-10-18(30-27)12-37-13-27/h1-4,6-7,11,16,18,22,30,34H,5,8-10,12-13H2,(H,31,35). The van der Waals surface area contributed by atoms with Crippen molar-refractivity contribution in [3.05, 3.63) is 58.3 Å². The molecule has 3 aliphatic heterocycles. The van der Waals surface area contributed by atoms with Crippen molar-refractivity contribution in [1.82, 2.24) is 20.2 Å². The minimum atomic E-state index is -0.777. The number of rotatable bonds is 6. The van der Waals surface area contributed by atoms with E-state index < -0.39 is 34.1 Å². The third-order valence-corrected chi connectivity index (χ3v) is 8.79. The number of aromatic hydroxyl groups is 1. The Bertz CT molecular complexity index is 1520. The van der Waals surface area contributed by atoms with Crippen LogP contribution in [0, 0.1) is 17.7 Å². The average Bonchev–Trinajstić information content (AvgIpc) is 2.84. The van der Waals surface area contributed by atoms with Gasteiger partial charge in [-0.15, -0.1) is 0 Å². The van der Waals surface area contributed by atoms with Gasteiger partial charge in [-0.3, -0.25) is 14.2 Å². The summed E-state index contributed by atoms with van der Waals surface area (Å²) >= 11 is 0. The number of ether oxygens (including phenoxy) is 1. The number of carbonyl (C=O) groups excluding carboxylic acids is 2. The summed E-state index contributed by atoms with van der Waals surface area (Å²) in [4.78, 5) is 42.6. The van der Waals surface area contributed by atoms with Crippen molar-refractivity contribution in [1.29, 1.82) is 0 Å². The molecule has 6 aliphatic rings. The average molecular weight is 505 g/mol. The van der Waals surface area contributed by atoms with Gasteiger partial charge in [0.05, 0.1) is 25.1 Å². The first-order valence-electron chi connectivity index (χ1n) is 12.5. The summed E-state index contributed by atoms with van der Waals surface area (Å²) in [5.41, 5.74) is -0.484. The lowest BCUT2D eigenvalue weighted by Crippen LogP contribution is -2.88. The predicted octanol–water partition coefficient (Wildman–Crippen LogP) is 1.75. The number of nitrogens with one attached hydrogen (secondary N) is 2. The second-order valence-corrected chi connectivity index (χ2v) is 10.9. The highest BCUT2D eigenvalue weighted by Gasteiger charge is 2.74. The Morgan fingerprint density at radius 2 is 2.03 bits per heavy atom. The van der Waals surface area contributed by atoms with Crippen molar-refractivity contribution >= 4 is 23.2 Å². The van der Waals surface area contributed by atoms with Gasteiger partial charge in [-0.05, 0) is 48.9 Å². The van der Waals surface area contributed by atoms with E-state index >= 15 is 0 Å². The number of pyridine rings is 2. The van der Waals surface area contributed by atoms with E-state index in [1.807, 2.05) is 0 Å². The zero-order chi connectivity index (χ0) is 25.5. The Morgan fingerprint density at radius 1 is 1.27 bits per heavy atom. The minimum absolute atomic E-state index is 0.0864. The molecule has 3 N–H and O–H groups in total. The second-order valence-electron chi connectivity index (χ2n) is 10.9. The van der Waals surface area contributed by atoms with Gasteiger partial charge in [-0.25, -0.2) is 9.37 Å². The van der Waals surface area contributed by atoms with Crippen LogP contribution in [0.15, 0.2) is 41.3 Å². The number of halogens is 1. The number of benzene rings is 1. The first-order chi connectivity index (χ1) is 17.8. The quantitative estimate of drug-likeness (QED) is 0.437. The Balaban J connectivity index is 1.27. The van der Waals surface area contributed by atoms with Crippen LogP contribution in [0.4, 0.5) is 4.39 Å². The summed E-state index contributed by atoms with van der Waals surface area (Å²) in [6.07, 6.45) is 4.69. The molecule has 9 rings (SSSR count). The van der Waals surface area contributed by atoms with Crippen LogP contribution in [0.25, 0.3) is 22.2 Å². The highest BCUT2D eigenvalue weighted by molar-refractivity contribution is 6.03. The number of hydrogen-bond donors (Lipinski definition) is 3. The smallest absolute Gasteiger partial charge is 0.269 e. The number of nitrogens with zero attached hydrogens (tertiary/aromatic N) is 2. The normalized spacial score (nSPS) is 31.1. The van der Waals surface area contributed by atoms with Crippen LogP contribution in [0.5, 0.6) is 5.75 Å². The molecule has 3 saturated carbocycles. The lowest BCUT2D eigenvalue weighted by Gasteiger charge is -2.76. The number of carbonyl (C=O) groups is 2. The van der Waals surface area contributed by atoms with E-state index in [1.165, 1.54) is 18.3 Å². The molecular formula is C27H25FN4O5. The Kier molecular flexibility index (Phi) is 4.69. The topological polar surface area (TPSA) is 123 Å². The lowest BCUT2D eigenvalue weighted by molar-refractivity contribution is -0.232. The molecule has 5 heterocycles. The second kappa shape index (κ2) is 7.69. The van der Waals surface area contributed by atoms with Gasteiger partial charge in [0.1, 0.15) is 29.1 Å². The Hall–Kier alpha value is -3.63. The zero-order valence-corrected chi connectivity index (χ0v) is 19.9. The van der Waals surface area contributed by atoms with Crippen LogP contribution in [0.2, 0.25) is 0 Å². The summed E-state index contributed by atoms with van der Waals surface area (Å²) in [6, 6.07) is 7.69. The molecule has 2 aromatic heterocycles. The van der Waals surface area contributed by atoms with Crippen molar-refractivity contribution < 1.29 is 23.8 Å². The van der Waals surface area contributed by atoms with Crippen molar-refractivity contribution in [3.8, 4) is 16.9 Å². The highest BCUT2D eigenvalue weighted by atomic mass is 19.1. The van der Waals surface area contributed by atoms with Gasteiger partial charge < -0.3 is 25.3 Å². The molecule has 190 valence electrons. The summed E-state index contributed by atoms with van der Waals surface area (Å²) in [5.74, 6) is -0.830. The number of aromatic nitrogens is 2. The molecule has 9 nitrogen and oxygen atoms in total. The third-order valence-electron chi connectivity index (χ3n) is 8.79. The van der Waals surface area contributed by atoms with E-state index in [9.17, 15) is 23.9 Å². The fourth-order valence-electron chi connectivity index (χ4n) is 7.22. The van der Waals surface area contributed by atoms with Gasteiger partial charge in [-0.2, -0.15) is 0 Å². The molecule has 3 atom stereocenters. The van der Waals surface area contributed by atoms with Crippen LogP contribution in [-0.4, -0.2) is 57.2 Å². The Labute approximate surface area is 210 Å². The van der Waals surface area contributed by atoms with Crippen molar-refractivity contribution in [3.63, 3.8) is 0 Å². The molecule has 1 aromatic carbocycles. The van der Waals surface area contributed by atoms with Crippen LogP contribution < -0.4 is 16.2 Å². The molecule has 3 unspecified atom stereocenters. The number of fused-ring (bicyclic) bond motifs is 3. The zero-order valence-electron chi connectivity index (χ0n) is 19.9. The van der Waals surface area contributed by atoms with Gasteiger partial charge >= 0.3 is 0 Å². The summed E-state index contributed by atoms with van der Waals surface area (Å²) in [6.45, 7) is 0.988. The lowest BCUT2D eigenvalue weighted by atomic mass is 9.36. The molecule has 3 saturated heterocycles. The molecule has 3 aromatic rings. The van der Waals surface area contributed by atoms with E-state index in [2.05, 4.69) is 15.6 Å². The fraction of sp³-hybridized carbons (Fsp3) is 0.407. The molecule has 6 fully saturated rings. The van der Waals surface area contributed by atoms with Crippen LogP contribution >= 0.6 is 0 Å². The maximum absolute atomic E-state index is 13.6. The largest absolute Gasteiger partial charge is 0.506 e. The minimum Gasteiger partial charge on any atom is -0.506 e. The summed E-state index contributed by atoms with van der Waals surface area (Å²) in [7, 11) is 0. The van der Waals surface area contributed by atoms with E-state index in [-0.39, 0.29) is 29.0 Å². The first-order valence-corrected chi connectivity index (χ1v) is 12.5. The number of hydrogen-bond acceptors (Lipinski definition) is 7. The fourth-order valence-corrected chi connectivity index (χ4v) is 7.22. The maximum atomic E-state index is 13.6. The molecule has 3 aliphatic carbocycles. The van der Waals surface area contributed by atoms with Crippen molar-refractivity contribution in [2.75, 3.05) is 13.2 Å². The first kappa shape index (κ1) is 22.6. The van der Waals surface area contributed by atoms with E-state index in [0.29, 0.717) is 42.6 Å². The van der Waals surface area contributed by atoms with Gasteiger partial charge in [0, 0.05) is 34.8 Å². The van der Waals surface area contributed by atoms with Gasteiger partial charge in [-0.1, -0.05) is 12.1 Å². The summed E-state index contributed by atoms with van der Waals surface area (Å²) < 4.78 is 20.2. The molecule has 10 heteroatoms. The number of morpholine rings is 1. The maximum Gasteiger partial charge on any atom is 0.269 e. The molecule has 0 radical (unpaired) electrons. The molecule has 1 amide bonds. The monoisotopic (exact) mass is 504 g/mol. The molecule has 0 spiro atoms.